The largest absolute Gasteiger partial charge is 0.343 e. The lowest BCUT2D eigenvalue weighted by molar-refractivity contribution is -0.120. The number of piperazine rings is 1. The van der Waals surface area contributed by atoms with Gasteiger partial charge in [-0.2, -0.15) is 0 Å². The molecule has 0 aromatic carbocycles. The Balaban J connectivity index is 2.34. The molecule has 0 unspecified atom stereocenters. The normalized spacial score (nSPS) is 19.5. The molecule has 1 saturated heterocycles. The predicted molar refractivity (Wildman–Crippen MR) is 53.6 cm³/mol. The zero-order valence-electron chi connectivity index (χ0n) is 8.70. The van der Waals surface area contributed by atoms with Crippen molar-refractivity contribution in [3.8, 4) is 0 Å². The molecule has 76 valence electrons. The lowest BCUT2D eigenvalue weighted by Gasteiger charge is -2.37. The minimum atomic E-state index is 0.716. The first-order valence-electron chi connectivity index (χ1n) is 5.25. The van der Waals surface area contributed by atoms with Gasteiger partial charge in [0.2, 0.25) is 6.41 Å². The van der Waals surface area contributed by atoms with Crippen molar-refractivity contribution in [2.75, 3.05) is 26.2 Å². The Morgan fingerprint density at radius 2 is 1.69 bits per heavy atom. The highest BCUT2D eigenvalue weighted by molar-refractivity contribution is 5.47. The summed E-state index contributed by atoms with van der Waals surface area (Å²) in [7, 11) is 0. The van der Waals surface area contributed by atoms with Crippen LogP contribution in [0.2, 0.25) is 0 Å². The summed E-state index contributed by atoms with van der Waals surface area (Å²) in [5.74, 6) is 0. The van der Waals surface area contributed by atoms with Crippen LogP contribution in [0.1, 0.15) is 26.7 Å². The lowest BCUT2D eigenvalue weighted by Crippen LogP contribution is -2.49. The van der Waals surface area contributed by atoms with Gasteiger partial charge in [-0.05, 0) is 12.8 Å². The molecule has 1 heterocycles. The summed E-state index contributed by atoms with van der Waals surface area (Å²) >= 11 is 0. The lowest BCUT2D eigenvalue weighted by atomic mass is 10.1. The van der Waals surface area contributed by atoms with E-state index in [-0.39, 0.29) is 0 Å². The molecule has 1 aliphatic heterocycles. The third kappa shape index (κ3) is 2.69. The van der Waals surface area contributed by atoms with Gasteiger partial charge >= 0.3 is 0 Å². The standard InChI is InChI=1S/C10H20N2O/c1-3-10(4-2)12-7-5-11(9-13)6-8-12/h9-10H,3-8H2,1-2H3. The predicted octanol–water partition coefficient (Wildman–Crippen LogP) is 0.949. The maximum Gasteiger partial charge on any atom is 0.209 e. The summed E-state index contributed by atoms with van der Waals surface area (Å²) in [5, 5.41) is 0. The molecule has 0 saturated carbocycles. The molecule has 13 heavy (non-hydrogen) atoms. The minimum Gasteiger partial charge on any atom is -0.343 e. The molecule has 3 heteroatoms. The van der Waals surface area contributed by atoms with Gasteiger partial charge in [0, 0.05) is 32.2 Å². The maximum absolute atomic E-state index is 10.5. The van der Waals surface area contributed by atoms with E-state index in [1.54, 1.807) is 0 Å². The number of rotatable bonds is 4. The van der Waals surface area contributed by atoms with Gasteiger partial charge in [0.25, 0.3) is 0 Å². The first-order chi connectivity index (χ1) is 6.31. The van der Waals surface area contributed by atoms with Crippen LogP contribution in [0.15, 0.2) is 0 Å². The second-order valence-corrected chi connectivity index (χ2v) is 3.65. The first-order valence-corrected chi connectivity index (χ1v) is 5.25. The number of hydrogen-bond acceptors (Lipinski definition) is 2. The molecule has 0 aromatic rings. The van der Waals surface area contributed by atoms with Gasteiger partial charge in [0.05, 0.1) is 0 Å². The summed E-state index contributed by atoms with van der Waals surface area (Å²) < 4.78 is 0. The Bertz CT molecular complexity index is 149. The highest BCUT2D eigenvalue weighted by Gasteiger charge is 2.20. The van der Waals surface area contributed by atoms with E-state index in [0.717, 1.165) is 32.6 Å². The summed E-state index contributed by atoms with van der Waals surface area (Å²) in [6.07, 6.45) is 3.40. The van der Waals surface area contributed by atoms with E-state index in [4.69, 9.17) is 0 Å². The van der Waals surface area contributed by atoms with E-state index in [9.17, 15) is 4.79 Å². The molecular weight excluding hydrogens is 164 g/mol. The average molecular weight is 184 g/mol. The molecule has 0 radical (unpaired) electrons. The highest BCUT2D eigenvalue weighted by atomic mass is 16.1. The molecule has 0 bridgehead atoms. The van der Waals surface area contributed by atoms with Crippen LogP contribution in [-0.2, 0) is 4.79 Å². The van der Waals surface area contributed by atoms with Crippen LogP contribution in [0.4, 0.5) is 0 Å². The van der Waals surface area contributed by atoms with Crippen molar-refractivity contribution in [2.45, 2.75) is 32.7 Å². The molecule has 0 N–H and O–H groups in total. The minimum absolute atomic E-state index is 0.716. The van der Waals surface area contributed by atoms with Crippen LogP contribution < -0.4 is 0 Å². The topological polar surface area (TPSA) is 23.6 Å². The molecule has 0 spiro atoms. The van der Waals surface area contributed by atoms with Crippen molar-refractivity contribution in [1.29, 1.82) is 0 Å². The quantitative estimate of drug-likeness (QED) is 0.607. The Morgan fingerprint density at radius 1 is 1.15 bits per heavy atom. The molecule has 3 nitrogen and oxygen atoms in total. The first kappa shape index (κ1) is 10.5. The second-order valence-electron chi connectivity index (χ2n) is 3.65. The Labute approximate surface area is 80.7 Å². The van der Waals surface area contributed by atoms with Gasteiger partial charge in [-0.25, -0.2) is 0 Å². The Kier molecular flexibility index (Phi) is 4.22. The Morgan fingerprint density at radius 3 is 2.08 bits per heavy atom. The zero-order valence-corrected chi connectivity index (χ0v) is 8.70. The number of carbonyl (C=O) groups is 1. The van der Waals surface area contributed by atoms with Crippen molar-refractivity contribution < 1.29 is 4.79 Å². The van der Waals surface area contributed by atoms with E-state index in [1.165, 1.54) is 12.8 Å². The van der Waals surface area contributed by atoms with Crippen molar-refractivity contribution in [2.24, 2.45) is 0 Å². The molecule has 1 aliphatic rings. The van der Waals surface area contributed by atoms with E-state index in [0.29, 0.717) is 6.04 Å². The van der Waals surface area contributed by atoms with Crippen LogP contribution in [0.25, 0.3) is 0 Å². The fourth-order valence-corrected chi connectivity index (χ4v) is 2.01. The summed E-state index contributed by atoms with van der Waals surface area (Å²) in [6, 6.07) is 0.716. The van der Waals surface area contributed by atoms with Gasteiger partial charge in [-0.3, -0.25) is 9.69 Å². The van der Waals surface area contributed by atoms with E-state index < -0.39 is 0 Å². The molecule has 0 atom stereocenters. The SMILES string of the molecule is CCC(CC)N1CCN(C=O)CC1. The molecular formula is C10H20N2O. The number of amides is 1. The van der Waals surface area contributed by atoms with Crippen molar-refractivity contribution in [3.05, 3.63) is 0 Å². The highest BCUT2D eigenvalue weighted by Crippen LogP contribution is 2.10. The molecule has 1 amide bonds. The third-order valence-corrected chi connectivity index (χ3v) is 2.96. The van der Waals surface area contributed by atoms with Gasteiger partial charge in [0.1, 0.15) is 0 Å². The van der Waals surface area contributed by atoms with Crippen LogP contribution >= 0.6 is 0 Å². The van der Waals surface area contributed by atoms with E-state index in [2.05, 4.69) is 18.7 Å². The monoisotopic (exact) mass is 184 g/mol. The summed E-state index contributed by atoms with van der Waals surface area (Å²) in [6.45, 7) is 8.37. The molecule has 1 fully saturated rings. The fourth-order valence-electron chi connectivity index (χ4n) is 2.01. The molecule has 1 rings (SSSR count). The van der Waals surface area contributed by atoms with E-state index in [1.807, 2.05) is 4.90 Å². The van der Waals surface area contributed by atoms with Gasteiger partial charge in [0.15, 0.2) is 0 Å². The third-order valence-electron chi connectivity index (χ3n) is 2.96. The van der Waals surface area contributed by atoms with Crippen molar-refractivity contribution in [3.63, 3.8) is 0 Å². The van der Waals surface area contributed by atoms with Crippen LogP contribution in [0.5, 0.6) is 0 Å². The van der Waals surface area contributed by atoms with Crippen LogP contribution in [-0.4, -0.2) is 48.4 Å². The van der Waals surface area contributed by atoms with Crippen molar-refractivity contribution >= 4 is 6.41 Å². The zero-order chi connectivity index (χ0) is 9.68. The number of nitrogens with zero attached hydrogens (tertiary/aromatic N) is 2. The van der Waals surface area contributed by atoms with Crippen LogP contribution in [0.3, 0.4) is 0 Å². The fraction of sp³-hybridized carbons (Fsp3) is 0.900. The number of hydrogen-bond donors (Lipinski definition) is 0. The maximum atomic E-state index is 10.5. The van der Waals surface area contributed by atoms with Crippen LogP contribution in [0, 0.1) is 0 Å². The molecule has 0 aliphatic carbocycles. The summed E-state index contributed by atoms with van der Waals surface area (Å²) in [5.41, 5.74) is 0. The second kappa shape index (κ2) is 5.22. The molecule has 0 aromatic heterocycles. The van der Waals surface area contributed by atoms with Gasteiger partial charge < -0.3 is 4.90 Å². The number of carbonyl (C=O) groups excluding carboxylic acids is 1. The Hall–Kier alpha value is -0.570. The smallest absolute Gasteiger partial charge is 0.209 e. The average Bonchev–Trinajstić information content (AvgIpc) is 2.21. The van der Waals surface area contributed by atoms with Crippen molar-refractivity contribution in [1.82, 2.24) is 9.80 Å². The summed E-state index contributed by atoms with van der Waals surface area (Å²) in [4.78, 5) is 14.8. The van der Waals surface area contributed by atoms with E-state index >= 15 is 0 Å². The van der Waals surface area contributed by atoms with Gasteiger partial charge in [-0.1, -0.05) is 13.8 Å². The van der Waals surface area contributed by atoms with Gasteiger partial charge in [-0.15, -0.1) is 0 Å².